The molecule has 1 N–H and O–H groups in total. The normalized spacial score (nSPS) is 11.6. The highest BCUT2D eigenvalue weighted by Gasteiger charge is 2.39. The van der Waals surface area contributed by atoms with Gasteiger partial charge >= 0.3 is 6.18 Å². The zero-order valence-electron chi connectivity index (χ0n) is 15.0. The molecule has 0 saturated heterocycles. The number of ether oxygens (including phenoxy) is 1. The Balaban J connectivity index is 1.50. The number of nitrogens with zero attached hydrogens (tertiary/aromatic N) is 4. The topological polar surface area (TPSA) is 73.5 Å². The van der Waals surface area contributed by atoms with Crippen molar-refractivity contribution in [2.24, 2.45) is 7.05 Å². The predicted octanol–water partition coefficient (Wildman–Crippen LogP) is 4.13. The number of hydrogen-bond acceptors (Lipinski definition) is 4. The van der Waals surface area contributed by atoms with Crippen molar-refractivity contribution in [1.29, 1.82) is 0 Å². The first-order valence-corrected chi connectivity index (χ1v) is 8.44. The fourth-order valence-electron chi connectivity index (χ4n) is 2.88. The summed E-state index contributed by atoms with van der Waals surface area (Å²) in [4.78, 5) is 12.3. The van der Waals surface area contributed by atoms with Crippen LogP contribution in [0.5, 0.6) is 11.5 Å². The van der Waals surface area contributed by atoms with Gasteiger partial charge in [0.25, 0.3) is 5.91 Å². The van der Waals surface area contributed by atoms with Crippen molar-refractivity contribution in [2.45, 2.75) is 6.18 Å². The van der Waals surface area contributed by atoms with Crippen molar-refractivity contribution in [3.05, 3.63) is 72.3 Å². The number of anilines is 1. The van der Waals surface area contributed by atoms with E-state index in [-0.39, 0.29) is 0 Å². The molecule has 0 spiro atoms. The van der Waals surface area contributed by atoms with Gasteiger partial charge in [-0.2, -0.15) is 23.4 Å². The van der Waals surface area contributed by atoms with Gasteiger partial charge in [0.05, 0.1) is 18.0 Å². The molecule has 0 aliphatic rings. The second-order valence-electron chi connectivity index (χ2n) is 6.14. The lowest BCUT2D eigenvalue weighted by Crippen LogP contribution is -2.20. The predicted molar refractivity (Wildman–Crippen MR) is 97.9 cm³/mol. The molecule has 7 nitrogen and oxygen atoms in total. The highest BCUT2D eigenvalue weighted by atomic mass is 19.4. The molecule has 10 heteroatoms. The average molecular weight is 401 g/mol. The Morgan fingerprint density at radius 2 is 1.86 bits per heavy atom. The first-order valence-electron chi connectivity index (χ1n) is 8.44. The summed E-state index contributed by atoms with van der Waals surface area (Å²) in [7, 11) is 1.13. The minimum atomic E-state index is -4.69. The summed E-state index contributed by atoms with van der Waals surface area (Å²) in [5.41, 5.74) is -0.556. The summed E-state index contributed by atoms with van der Waals surface area (Å²) in [5, 5.41) is 10.1. The SMILES string of the molecule is Cn1ncc(C(=O)Nc2ccc(Oc3cccn4nccc34)cc2)c1C(F)(F)F. The van der Waals surface area contributed by atoms with E-state index in [1.165, 1.54) is 12.1 Å². The Labute approximate surface area is 162 Å². The number of nitrogens with one attached hydrogen (secondary N) is 1. The summed E-state index contributed by atoms with van der Waals surface area (Å²) < 4.78 is 47.5. The van der Waals surface area contributed by atoms with E-state index >= 15 is 0 Å². The zero-order chi connectivity index (χ0) is 20.6. The van der Waals surface area contributed by atoms with Crippen molar-refractivity contribution in [1.82, 2.24) is 19.4 Å². The number of aromatic nitrogens is 4. The van der Waals surface area contributed by atoms with Crippen LogP contribution in [0.15, 0.2) is 61.1 Å². The number of hydrogen-bond donors (Lipinski definition) is 1. The Bertz CT molecular complexity index is 1180. The fraction of sp³-hybridized carbons (Fsp3) is 0.105. The molecule has 0 saturated carbocycles. The zero-order valence-corrected chi connectivity index (χ0v) is 15.0. The van der Waals surface area contributed by atoms with Crippen LogP contribution in [0, 0.1) is 0 Å². The highest BCUT2D eigenvalue weighted by molar-refractivity contribution is 6.05. The summed E-state index contributed by atoms with van der Waals surface area (Å²) in [6.07, 6.45) is -0.366. The smallest absolute Gasteiger partial charge is 0.433 e. The molecule has 0 bridgehead atoms. The van der Waals surface area contributed by atoms with Gasteiger partial charge in [0.1, 0.15) is 11.3 Å². The van der Waals surface area contributed by atoms with E-state index in [2.05, 4.69) is 15.5 Å². The molecular weight excluding hydrogens is 387 g/mol. The number of aryl methyl sites for hydroxylation is 1. The minimum absolute atomic E-state index is 0.321. The van der Waals surface area contributed by atoms with E-state index in [1.807, 2.05) is 0 Å². The van der Waals surface area contributed by atoms with Crippen LogP contribution in [0.2, 0.25) is 0 Å². The standard InChI is InChI=1S/C19H14F3N5O2/c1-26-17(19(20,21)22)14(11-24-26)18(28)25-12-4-6-13(7-5-12)29-16-3-2-10-27-15(16)8-9-23-27/h2-11H,1H3,(H,25,28). The lowest BCUT2D eigenvalue weighted by molar-refractivity contribution is -0.144. The average Bonchev–Trinajstić information content (AvgIpc) is 3.30. The van der Waals surface area contributed by atoms with E-state index in [0.717, 1.165) is 18.8 Å². The number of carbonyl (C=O) groups is 1. The molecule has 148 valence electrons. The number of carbonyl (C=O) groups excluding carboxylic acids is 1. The van der Waals surface area contributed by atoms with Crippen LogP contribution in [0.1, 0.15) is 16.1 Å². The summed E-state index contributed by atoms with van der Waals surface area (Å²) in [6, 6.07) is 11.6. The quantitative estimate of drug-likeness (QED) is 0.558. The Morgan fingerprint density at radius 1 is 1.10 bits per heavy atom. The van der Waals surface area contributed by atoms with E-state index in [0.29, 0.717) is 21.9 Å². The lowest BCUT2D eigenvalue weighted by atomic mass is 10.2. The van der Waals surface area contributed by atoms with Gasteiger partial charge < -0.3 is 10.1 Å². The van der Waals surface area contributed by atoms with Gasteiger partial charge in [-0.15, -0.1) is 0 Å². The number of fused-ring (bicyclic) bond motifs is 1. The van der Waals surface area contributed by atoms with Gasteiger partial charge in [0.15, 0.2) is 11.4 Å². The number of halogens is 3. The van der Waals surface area contributed by atoms with Gasteiger partial charge in [-0.25, -0.2) is 4.52 Å². The van der Waals surface area contributed by atoms with E-state index in [9.17, 15) is 18.0 Å². The van der Waals surface area contributed by atoms with Crippen molar-refractivity contribution >= 4 is 17.1 Å². The Morgan fingerprint density at radius 3 is 2.59 bits per heavy atom. The summed E-state index contributed by atoms with van der Waals surface area (Å²) in [5.74, 6) is 0.185. The summed E-state index contributed by atoms with van der Waals surface area (Å²) >= 11 is 0. The third-order valence-corrected chi connectivity index (χ3v) is 4.19. The molecule has 0 aliphatic carbocycles. The van der Waals surface area contributed by atoms with Crippen LogP contribution in [0.25, 0.3) is 5.52 Å². The monoisotopic (exact) mass is 401 g/mol. The molecular formula is C19H14F3N5O2. The second kappa shape index (κ2) is 6.97. The van der Waals surface area contributed by atoms with Crippen LogP contribution < -0.4 is 10.1 Å². The van der Waals surface area contributed by atoms with E-state index < -0.39 is 23.3 Å². The molecule has 0 aliphatic heterocycles. The van der Waals surface area contributed by atoms with Crippen molar-refractivity contribution < 1.29 is 22.7 Å². The van der Waals surface area contributed by atoms with E-state index in [4.69, 9.17) is 4.74 Å². The number of rotatable bonds is 4. The van der Waals surface area contributed by atoms with Crippen LogP contribution in [0.4, 0.5) is 18.9 Å². The van der Waals surface area contributed by atoms with Crippen LogP contribution in [-0.4, -0.2) is 25.3 Å². The molecule has 3 heterocycles. The summed E-state index contributed by atoms with van der Waals surface area (Å²) in [6.45, 7) is 0. The van der Waals surface area contributed by atoms with Crippen molar-refractivity contribution in [3.8, 4) is 11.5 Å². The first kappa shape index (κ1) is 18.5. The lowest BCUT2D eigenvalue weighted by Gasteiger charge is -2.11. The maximum absolute atomic E-state index is 13.1. The van der Waals surface area contributed by atoms with E-state index in [1.54, 1.807) is 47.2 Å². The molecule has 0 unspecified atom stereocenters. The molecule has 4 aromatic rings. The fourth-order valence-corrected chi connectivity index (χ4v) is 2.88. The number of amides is 1. The molecule has 0 atom stereocenters. The van der Waals surface area contributed by atoms with Gasteiger partial charge in [-0.1, -0.05) is 0 Å². The van der Waals surface area contributed by atoms with Crippen LogP contribution in [-0.2, 0) is 13.2 Å². The molecule has 29 heavy (non-hydrogen) atoms. The van der Waals surface area contributed by atoms with Gasteiger partial charge in [0.2, 0.25) is 0 Å². The molecule has 4 rings (SSSR count). The number of benzene rings is 1. The van der Waals surface area contributed by atoms with Gasteiger partial charge in [0, 0.05) is 18.9 Å². The third kappa shape index (κ3) is 3.64. The minimum Gasteiger partial charge on any atom is -0.455 e. The Kier molecular flexibility index (Phi) is 4.45. The molecule has 0 fully saturated rings. The number of pyridine rings is 1. The molecule has 3 aromatic heterocycles. The number of alkyl halides is 3. The van der Waals surface area contributed by atoms with Crippen LogP contribution in [0.3, 0.4) is 0 Å². The maximum atomic E-state index is 13.1. The second-order valence-corrected chi connectivity index (χ2v) is 6.14. The Hall–Kier alpha value is -3.82. The largest absolute Gasteiger partial charge is 0.455 e. The molecule has 1 aromatic carbocycles. The first-order chi connectivity index (χ1) is 13.8. The van der Waals surface area contributed by atoms with Crippen LogP contribution >= 0.6 is 0 Å². The van der Waals surface area contributed by atoms with Crippen molar-refractivity contribution in [3.63, 3.8) is 0 Å². The third-order valence-electron chi connectivity index (χ3n) is 4.19. The maximum Gasteiger partial charge on any atom is 0.433 e. The molecule has 0 radical (unpaired) electrons. The van der Waals surface area contributed by atoms with Crippen molar-refractivity contribution in [2.75, 3.05) is 5.32 Å². The molecule has 1 amide bonds. The highest BCUT2D eigenvalue weighted by Crippen LogP contribution is 2.32. The van der Waals surface area contributed by atoms with Gasteiger partial charge in [-0.3, -0.25) is 9.48 Å². The van der Waals surface area contributed by atoms with Gasteiger partial charge in [-0.05, 0) is 42.5 Å².